The lowest BCUT2D eigenvalue weighted by molar-refractivity contribution is -0.110. The molecule has 0 atom stereocenters. The molecule has 0 radical (unpaired) electrons. The van der Waals surface area contributed by atoms with Crippen LogP contribution in [0.1, 0.15) is 0 Å². The predicted molar refractivity (Wildman–Crippen MR) is 138 cm³/mol. The molecule has 1 aliphatic heterocycles. The Morgan fingerprint density at radius 1 is 1.03 bits per heavy atom. The van der Waals surface area contributed by atoms with Gasteiger partial charge in [0.2, 0.25) is 6.41 Å². The van der Waals surface area contributed by atoms with Gasteiger partial charge in [0, 0.05) is 38.8 Å². The third kappa shape index (κ3) is 5.47. The van der Waals surface area contributed by atoms with Crippen LogP contribution in [0.15, 0.2) is 82.2 Å². The Bertz CT molecular complexity index is 1450. The molecule has 37 heavy (non-hydrogen) atoms. The van der Waals surface area contributed by atoms with Gasteiger partial charge < -0.3 is 14.3 Å². The number of fused-ring (bicyclic) bond motifs is 1. The largest absolute Gasteiger partial charge is 0.508 e. The number of hydrogen-bond donors (Lipinski definition) is 1. The number of anilines is 1. The van der Waals surface area contributed by atoms with Gasteiger partial charge in [-0.3, -0.25) is 14.5 Å². The van der Waals surface area contributed by atoms with Crippen LogP contribution in [-0.4, -0.2) is 60.8 Å². The van der Waals surface area contributed by atoms with E-state index in [0.717, 1.165) is 13.1 Å². The zero-order chi connectivity index (χ0) is 25.8. The number of benzene rings is 3. The minimum Gasteiger partial charge on any atom is -0.508 e. The van der Waals surface area contributed by atoms with E-state index in [-0.39, 0.29) is 17.0 Å². The molecule has 0 aliphatic carbocycles. The molecule has 1 aliphatic rings. The van der Waals surface area contributed by atoms with Crippen molar-refractivity contribution in [2.24, 2.45) is 0 Å². The number of phenols is 1. The molecule has 0 unspecified atom stereocenters. The first-order chi connectivity index (χ1) is 18.0. The molecule has 8 nitrogen and oxygen atoms in total. The van der Waals surface area contributed by atoms with Gasteiger partial charge in [-0.2, -0.15) is 0 Å². The molecule has 1 aromatic heterocycles. The number of ether oxygens (including phenoxy) is 1. The third-order valence-electron chi connectivity index (χ3n) is 6.43. The molecule has 1 fully saturated rings. The number of piperazine rings is 1. The molecule has 190 valence electrons. The molecule has 4 aromatic rings. The SMILES string of the molecule is O=CN(c1cccc(F)c1)N1CCN(CCOc2ccc3c(=O)c(-c4ccc(O)cc4)coc3c2)CC1. The molecule has 0 spiro atoms. The first-order valence-electron chi connectivity index (χ1n) is 12.0. The number of rotatable bonds is 8. The van der Waals surface area contributed by atoms with Crippen LogP contribution in [0.3, 0.4) is 0 Å². The van der Waals surface area contributed by atoms with E-state index < -0.39 is 0 Å². The summed E-state index contributed by atoms with van der Waals surface area (Å²) >= 11 is 0. The van der Waals surface area contributed by atoms with E-state index in [1.54, 1.807) is 42.5 Å². The van der Waals surface area contributed by atoms with Gasteiger partial charge in [0.05, 0.1) is 16.6 Å². The molecule has 5 rings (SSSR count). The second-order valence-electron chi connectivity index (χ2n) is 8.76. The van der Waals surface area contributed by atoms with Gasteiger partial charge in [-0.1, -0.05) is 18.2 Å². The highest BCUT2D eigenvalue weighted by molar-refractivity contribution is 5.82. The standard InChI is InChI=1S/C28H26FN3O5/c29-21-2-1-3-22(16-21)32(19-33)31-12-10-30(11-13-31)14-15-36-24-8-9-25-27(17-24)37-18-26(28(25)35)20-4-6-23(34)7-5-20/h1-9,16-19,34H,10-15H2. The Hall–Kier alpha value is -4.21. The summed E-state index contributed by atoms with van der Waals surface area (Å²) in [7, 11) is 0. The number of nitrogens with zero attached hydrogens (tertiary/aromatic N) is 3. The van der Waals surface area contributed by atoms with Crippen LogP contribution in [0.4, 0.5) is 10.1 Å². The average molecular weight is 504 g/mol. The lowest BCUT2D eigenvalue weighted by Crippen LogP contribution is -2.54. The lowest BCUT2D eigenvalue weighted by atomic mass is 10.1. The van der Waals surface area contributed by atoms with Gasteiger partial charge in [0.25, 0.3) is 0 Å². The molecule has 1 amide bonds. The molecular formula is C28H26FN3O5. The second-order valence-corrected chi connectivity index (χ2v) is 8.76. The van der Waals surface area contributed by atoms with Crippen molar-refractivity contribution in [2.75, 3.05) is 44.3 Å². The Morgan fingerprint density at radius 3 is 2.54 bits per heavy atom. The smallest absolute Gasteiger partial charge is 0.228 e. The normalized spacial score (nSPS) is 14.5. The molecule has 2 heterocycles. The Morgan fingerprint density at radius 2 is 1.81 bits per heavy atom. The number of carbonyl (C=O) groups is 1. The van der Waals surface area contributed by atoms with Crippen LogP contribution in [0, 0.1) is 5.82 Å². The highest BCUT2D eigenvalue weighted by atomic mass is 19.1. The molecule has 1 saturated heterocycles. The van der Waals surface area contributed by atoms with Crippen LogP contribution < -0.4 is 15.2 Å². The van der Waals surface area contributed by atoms with Gasteiger partial charge >= 0.3 is 0 Å². The fourth-order valence-corrected chi connectivity index (χ4v) is 4.42. The number of amides is 1. The van der Waals surface area contributed by atoms with Gasteiger partial charge in [0.1, 0.15) is 35.8 Å². The number of hydrogen-bond acceptors (Lipinski definition) is 7. The van der Waals surface area contributed by atoms with E-state index in [4.69, 9.17) is 9.15 Å². The summed E-state index contributed by atoms with van der Waals surface area (Å²) in [4.78, 5) is 26.8. The molecule has 0 bridgehead atoms. The highest BCUT2D eigenvalue weighted by Crippen LogP contribution is 2.24. The maximum atomic E-state index is 13.6. The van der Waals surface area contributed by atoms with Crippen LogP contribution in [-0.2, 0) is 4.79 Å². The quantitative estimate of drug-likeness (QED) is 0.365. The van der Waals surface area contributed by atoms with Gasteiger partial charge in [-0.25, -0.2) is 14.4 Å². The van der Waals surface area contributed by atoms with Crippen molar-refractivity contribution in [3.63, 3.8) is 0 Å². The van der Waals surface area contributed by atoms with Gasteiger partial charge in [0.15, 0.2) is 5.43 Å². The maximum Gasteiger partial charge on any atom is 0.228 e. The number of hydrazine groups is 1. The van der Waals surface area contributed by atoms with Crippen molar-refractivity contribution in [1.82, 2.24) is 9.91 Å². The molecule has 0 saturated carbocycles. The topological polar surface area (TPSA) is 86.5 Å². The zero-order valence-electron chi connectivity index (χ0n) is 20.0. The number of phenolic OH excluding ortho intramolecular Hbond substituents is 1. The van der Waals surface area contributed by atoms with Crippen molar-refractivity contribution in [2.45, 2.75) is 0 Å². The van der Waals surface area contributed by atoms with E-state index in [1.165, 1.54) is 35.5 Å². The molecule has 3 aromatic carbocycles. The number of carbonyl (C=O) groups excluding carboxylic acids is 1. The fraction of sp³-hybridized carbons (Fsp3) is 0.214. The minimum absolute atomic E-state index is 0.129. The second kappa shape index (κ2) is 10.8. The summed E-state index contributed by atoms with van der Waals surface area (Å²) in [6.45, 7) is 3.85. The summed E-state index contributed by atoms with van der Waals surface area (Å²) in [5.41, 5.74) is 1.88. The monoisotopic (exact) mass is 503 g/mol. The minimum atomic E-state index is -0.383. The predicted octanol–water partition coefficient (Wildman–Crippen LogP) is 3.88. The van der Waals surface area contributed by atoms with Crippen LogP contribution in [0.2, 0.25) is 0 Å². The lowest BCUT2D eigenvalue weighted by Gasteiger charge is -2.39. The summed E-state index contributed by atoms with van der Waals surface area (Å²) in [5.74, 6) is 0.347. The van der Waals surface area contributed by atoms with Crippen LogP contribution in [0.5, 0.6) is 11.5 Å². The van der Waals surface area contributed by atoms with E-state index in [0.29, 0.717) is 66.2 Å². The first kappa shape index (κ1) is 24.5. The first-order valence-corrected chi connectivity index (χ1v) is 12.0. The fourth-order valence-electron chi connectivity index (χ4n) is 4.42. The van der Waals surface area contributed by atoms with Crippen molar-refractivity contribution in [3.05, 3.63) is 89.0 Å². The van der Waals surface area contributed by atoms with E-state index >= 15 is 0 Å². The van der Waals surface area contributed by atoms with Crippen molar-refractivity contribution in [3.8, 4) is 22.6 Å². The summed E-state index contributed by atoms with van der Waals surface area (Å²) in [6.07, 6.45) is 2.13. The van der Waals surface area contributed by atoms with E-state index in [2.05, 4.69) is 4.90 Å². The van der Waals surface area contributed by atoms with Gasteiger partial charge in [-0.05, 0) is 48.0 Å². The zero-order valence-corrected chi connectivity index (χ0v) is 20.0. The Kier molecular flexibility index (Phi) is 7.16. The molecule has 9 heteroatoms. The third-order valence-corrected chi connectivity index (χ3v) is 6.43. The van der Waals surface area contributed by atoms with Crippen molar-refractivity contribution >= 4 is 23.1 Å². The molecular weight excluding hydrogens is 477 g/mol. The van der Waals surface area contributed by atoms with Crippen molar-refractivity contribution in [1.29, 1.82) is 0 Å². The summed E-state index contributed by atoms with van der Waals surface area (Å²) < 4.78 is 25.2. The summed E-state index contributed by atoms with van der Waals surface area (Å²) in [5, 5.41) is 13.3. The highest BCUT2D eigenvalue weighted by Gasteiger charge is 2.22. The Labute approximate surface area is 212 Å². The van der Waals surface area contributed by atoms with Crippen LogP contribution in [0.25, 0.3) is 22.1 Å². The average Bonchev–Trinajstić information content (AvgIpc) is 2.91. The van der Waals surface area contributed by atoms with Crippen LogP contribution >= 0.6 is 0 Å². The van der Waals surface area contributed by atoms with E-state index in [9.17, 15) is 19.1 Å². The maximum absolute atomic E-state index is 13.6. The number of aromatic hydroxyl groups is 1. The van der Waals surface area contributed by atoms with Crippen molar-refractivity contribution < 1.29 is 23.4 Å². The number of halogens is 1. The Balaban J connectivity index is 1.16. The summed E-state index contributed by atoms with van der Waals surface area (Å²) in [6, 6.07) is 17.5. The molecule has 1 N–H and O–H groups in total. The van der Waals surface area contributed by atoms with Gasteiger partial charge in [-0.15, -0.1) is 0 Å². The van der Waals surface area contributed by atoms with E-state index in [1.807, 2.05) is 5.01 Å².